The Balaban J connectivity index is 1.31. The summed E-state index contributed by atoms with van der Waals surface area (Å²) in [6, 6.07) is 13.0. The maximum Gasteiger partial charge on any atom is 0.142 e. The fraction of sp³-hybridized carbons (Fsp3) is 0.600. The van der Waals surface area contributed by atoms with Crippen LogP contribution in [0.3, 0.4) is 0 Å². The van der Waals surface area contributed by atoms with Crippen LogP contribution in [0.5, 0.6) is 5.75 Å². The molecule has 3 heterocycles. The van der Waals surface area contributed by atoms with Gasteiger partial charge in [-0.3, -0.25) is 4.90 Å². The number of methoxy groups -OCH3 is 2. The number of ether oxygens (including phenoxy) is 3. The van der Waals surface area contributed by atoms with E-state index >= 15 is 0 Å². The number of benzene rings is 2. The first kappa shape index (κ1) is 36.6. The smallest absolute Gasteiger partial charge is 0.142 e. The van der Waals surface area contributed by atoms with Crippen molar-refractivity contribution in [3.8, 4) is 5.75 Å². The van der Waals surface area contributed by atoms with Crippen molar-refractivity contribution in [2.45, 2.75) is 73.7 Å². The predicted octanol–water partition coefficient (Wildman–Crippen LogP) is 7.27. The molecule has 2 fully saturated rings. The second kappa shape index (κ2) is 16.4. The molecule has 9 heteroatoms. The monoisotopic (exact) mass is 709 g/mol. The van der Waals surface area contributed by atoms with Gasteiger partial charge in [-0.25, -0.2) is 0 Å². The van der Waals surface area contributed by atoms with Gasteiger partial charge < -0.3 is 29.1 Å². The molecule has 2 aromatic carbocycles. The maximum absolute atomic E-state index is 11.3. The molecular formula is C40H56ClN3O4S. The lowest BCUT2D eigenvalue weighted by Crippen LogP contribution is -2.58. The number of hydrogen-bond donors (Lipinski definition) is 1. The van der Waals surface area contributed by atoms with E-state index in [9.17, 15) is 5.11 Å². The average Bonchev–Trinajstić information content (AvgIpc) is 3.26. The van der Waals surface area contributed by atoms with E-state index in [-0.39, 0.29) is 11.2 Å². The lowest BCUT2D eigenvalue weighted by Gasteiger charge is -2.52. The Bertz CT molecular complexity index is 1460. The number of thioether (sulfide) groups is 1. The molecule has 0 radical (unpaired) electrons. The van der Waals surface area contributed by atoms with Crippen molar-refractivity contribution < 1.29 is 19.3 Å². The van der Waals surface area contributed by atoms with Gasteiger partial charge in [0.2, 0.25) is 0 Å². The molecule has 0 aromatic heterocycles. The first-order valence-electron chi connectivity index (χ1n) is 18.2. The summed E-state index contributed by atoms with van der Waals surface area (Å²) in [6.07, 6.45) is 9.01. The molecule has 0 amide bonds. The maximum atomic E-state index is 11.3. The zero-order chi connectivity index (χ0) is 34.5. The third kappa shape index (κ3) is 8.31. The molecule has 2 bridgehead atoms. The van der Waals surface area contributed by atoms with Crippen LogP contribution in [0.15, 0.2) is 65.7 Å². The van der Waals surface area contributed by atoms with Crippen LogP contribution in [0.2, 0.25) is 5.02 Å². The van der Waals surface area contributed by atoms with E-state index in [4.69, 9.17) is 25.8 Å². The third-order valence-electron chi connectivity index (χ3n) is 11.3. The van der Waals surface area contributed by atoms with E-state index in [1.54, 1.807) is 18.9 Å². The van der Waals surface area contributed by atoms with Crippen molar-refractivity contribution in [3.63, 3.8) is 0 Å². The van der Waals surface area contributed by atoms with Gasteiger partial charge in [-0.1, -0.05) is 56.7 Å². The molecule has 6 atom stereocenters. The van der Waals surface area contributed by atoms with Crippen LogP contribution in [0, 0.1) is 11.8 Å². The quantitative estimate of drug-likeness (QED) is 0.273. The molecule has 4 aliphatic rings. The number of anilines is 1. The number of aryl methyl sites for hydroxylation is 1. The summed E-state index contributed by atoms with van der Waals surface area (Å²) in [6.45, 7) is 16.2. The Morgan fingerprint density at radius 1 is 1.10 bits per heavy atom. The molecule has 1 saturated carbocycles. The highest BCUT2D eigenvalue weighted by Gasteiger charge is 2.48. The van der Waals surface area contributed by atoms with Gasteiger partial charge in [-0.05, 0) is 79.0 Å². The topological polar surface area (TPSA) is 57.6 Å². The van der Waals surface area contributed by atoms with Crippen molar-refractivity contribution >= 4 is 29.1 Å². The summed E-state index contributed by atoms with van der Waals surface area (Å²) in [7, 11) is 3.62. The van der Waals surface area contributed by atoms with Gasteiger partial charge in [0.1, 0.15) is 11.4 Å². The number of piperazine rings is 1. The lowest BCUT2D eigenvalue weighted by molar-refractivity contribution is -0.0949. The largest absolute Gasteiger partial charge is 0.491 e. The van der Waals surface area contributed by atoms with Crippen LogP contribution in [0.1, 0.15) is 56.6 Å². The molecule has 6 rings (SSSR count). The molecule has 49 heavy (non-hydrogen) atoms. The molecular weight excluding hydrogens is 654 g/mol. The second-order valence-electron chi connectivity index (χ2n) is 14.5. The minimum Gasteiger partial charge on any atom is -0.491 e. The summed E-state index contributed by atoms with van der Waals surface area (Å²) in [4.78, 5) is 8.68. The molecule has 2 aromatic rings. The van der Waals surface area contributed by atoms with Crippen LogP contribution < -0.4 is 9.64 Å². The molecule has 1 N–H and O–H groups in total. The number of aliphatic hydroxyl groups excluding tert-OH is 1. The Labute approximate surface area is 303 Å². The molecule has 1 saturated heterocycles. The predicted molar refractivity (Wildman–Crippen MR) is 202 cm³/mol. The minimum absolute atomic E-state index is 0.0332. The van der Waals surface area contributed by atoms with Gasteiger partial charge in [0.25, 0.3) is 0 Å². The lowest BCUT2D eigenvalue weighted by atomic mass is 9.63. The highest BCUT2D eigenvalue weighted by Crippen LogP contribution is 2.48. The Morgan fingerprint density at radius 2 is 1.92 bits per heavy atom. The number of fused-ring (bicyclic) bond motifs is 2. The van der Waals surface area contributed by atoms with E-state index in [2.05, 4.69) is 77.6 Å². The van der Waals surface area contributed by atoms with E-state index < -0.39 is 11.7 Å². The van der Waals surface area contributed by atoms with E-state index in [1.165, 1.54) is 22.4 Å². The Hall–Kier alpha value is -2.20. The van der Waals surface area contributed by atoms with Crippen molar-refractivity contribution in [1.29, 1.82) is 0 Å². The van der Waals surface area contributed by atoms with Crippen molar-refractivity contribution in [2.75, 3.05) is 78.1 Å². The van der Waals surface area contributed by atoms with Crippen LogP contribution in [0.4, 0.5) is 5.69 Å². The van der Waals surface area contributed by atoms with Gasteiger partial charge in [-0.15, -0.1) is 11.8 Å². The van der Waals surface area contributed by atoms with Crippen LogP contribution in [-0.2, 0) is 15.9 Å². The van der Waals surface area contributed by atoms with E-state index in [0.29, 0.717) is 31.5 Å². The van der Waals surface area contributed by atoms with E-state index in [1.807, 2.05) is 13.2 Å². The highest BCUT2D eigenvalue weighted by atomic mass is 35.5. The van der Waals surface area contributed by atoms with Crippen molar-refractivity contribution in [3.05, 3.63) is 77.0 Å². The van der Waals surface area contributed by atoms with E-state index in [0.717, 1.165) is 87.2 Å². The number of rotatable bonds is 9. The summed E-state index contributed by atoms with van der Waals surface area (Å²) in [5, 5.41) is 12.1. The fourth-order valence-electron chi connectivity index (χ4n) is 8.38. The third-order valence-corrected chi connectivity index (χ3v) is 12.8. The summed E-state index contributed by atoms with van der Waals surface area (Å²) < 4.78 is 18.6. The second-order valence-corrected chi connectivity index (χ2v) is 16.4. The number of aliphatic hydroxyl groups is 1. The first-order valence-corrected chi connectivity index (χ1v) is 19.5. The van der Waals surface area contributed by atoms with Crippen LogP contribution in [-0.4, -0.2) is 105 Å². The zero-order valence-electron chi connectivity index (χ0n) is 29.9. The number of halogens is 1. The van der Waals surface area contributed by atoms with Gasteiger partial charge in [0.05, 0.1) is 25.0 Å². The highest BCUT2D eigenvalue weighted by molar-refractivity contribution is 8.00. The zero-order valence-corrected chi connectivity index (χ0v) is 31.5. The molecule has 3 aliphatic heterocycles. The Kier molecular flexibility index (Phi) is 12.3. The number of hydrogen-bond acceptors (Lipinski definition) is 8. The normalized spacial score (nSPS) is 30.0. The first-order chi connectivity index (χ1) is 23.7. The molecule has 268 valence electrons. The Morgan fingerprint density at radius 3 is 2.63 bits per heavy atom. The number of nitrogens with zero attached hydrogens (tertiary/aromatic N) is 3. The molecule has 1 aliphatic carbocycles. The van der Waals surface area contributed by atoms with Crippen molar-refractivity contribution in [1.82, 2.24) is 9.80 Å². The summed E-state index contributed by atoms with van der Waals surface area (Å²) >= 11 is 8.24. The van der Waals surface area contributed by atoms with Gasteiger partial charge in [0.15, 0.2) is 0 Å². The molecule has 7 nitrogen and oxygen atoms in total. The average molecular weight is 710 g/mol. The molecule has 6 unspecified atom stereocenters. The fourth-order valence-corrected chi connectivity index (χ4v) is 9.60. The SMILES string of the molecule is C=C(COC)N1CCN(CC2(OC)/C=C/CC(O)C(C)Sc3ccc4c(c3)N(CC(c3ccc(Cl)cc3CCC)CO4)CC3CCC32)CC1. The van der Waals surface area contributed by atoms with Gasteiger partial charge in [0, 0.05) is 86.8 Å². The summed E-state index contributed by atoms with van der Waals surface area (Å²) in [5.74, 6) is 1.99. The standard InChI is InChI=1S/C40H56ClN3O4S/c1-6-8-30-21-33(41)11-13-35(30)32-24-44-23-31-10-14-36(31)40(47-5,27-42-17-19-43(20-18-42)28(2)25-46-4)16-7-9-38(45)29(3)49-34-12-15-39(48-26-32)37(44)22-34/h7,11-13,15-16,21-22,29,31-32,36,38,45H,2,6,8-10,14,17-20,23-27H2,1,3-5H3/b16-7+. The van der Waals surface area contributed by atoms with Crippen LogP contribution in [0.25, 0.3) is 0 Å². The summed E-state index contributed by atoms with van der Waals surface area (Å²) in [5.41, 5.74) is 4.44. The van der Waals surface area contributed by atoms with Crippen LogP contribution >= 0.6 is 23.4 Å². The molecule has 0 spiro atoms. The van der Waals surface area contributed by atoms with Crippen molar-refractivity contribution in [2.24, 2.45) is 11.8 Å². The van der Waals surface area contributed by atoms with Gasteiger partial charge in [-0.2, -0.15) is 0 Å². The minimum atomic E-state index is -0.469. The van der Waals surface area contributed by atoms with Gasteiger partial charge >= 0.3 is 0 Å².